The summed E-state index contributed by atoms with van der Waals surface area (Å²) in [5, 5.41) is 7.80. The van der Waals surface area contributed by atoms with E-state index in [1.807, 2.05) is 6.92 Å². The number of fused-ring (bicyclic) bond motifs is 1. The minimum atomic E-state index is -4.19. The summed E-state index contributed by atoms with van der Waals surface area (Å²) in [4.78, 5) is 2.47. The van der Waals surface area contributed by atoms with Gasteiger partial charge in [0.05, 0.1) is 6.61 Å². The molecule has 0 bridgehead atoms. The fourth-order valence-electron chi connectivity index (χ4n) is 5.47. The summed E-state index contributed by atoms with van der Waals surface area (Å²) in [6.07, 6.45) is 0.507. The van der Waals surface area contributed by atoms with Crippen LogP contribution in [0.5, 0.6) is 0 Å². The SMILES string of the molecule is CC1CC(C(F)(F)F)[N-]CC1N1CCC2NC(C3CCCOC3)CC21. The van der Waals surface area contributed by atoms with Gasteiger partial charge in [0.2, 0.25) is 0 Å². The van der Waals surface area contributed by atoms with Crippen molar-refractivity contribution in [3.63, 3.8) is 0 Å². The normalized spacial score (nSPS) is 46.3. The highest BCUT2D eigenvalue weighted by molar-refractivity contribution is 5.11. The quantitative estimate of drug-likeness (QED) is 0.823. The third-order valence-corrected chi connectivity index (χ3v) is 6.85. The van der Waals surface area contributed by atoms with Crippen molar-refractivity contribution in [1.29, 1.82) is 0 Å². The molecule has 0 saturated carbocycles. The minimum absolute atomic E-state index is 0.0416. The van der Waals surface area contributed by atoms with Crippen LogP contribution in [-0.2, 0) is 4.74 Å². The average molecular weight is 360 g/mol. The maximum absolute atomic E-state index is 13.0. The monoisotopic (exact) mass is 360 g/mol. The number of hydrogen-bond donors (Lipinski definition) is 1. The molecule has 4 saturated heterocycles. The van der Waals surface area contributed by atoms with E-state index < -0.39 is 12.2 Å². The predicted molar refractivity (Wildman–Crippen MR) is 89.6 cm³/mol. The molecule has 4 rings (SSSR count). The highest BCUT2D eigenvalue weighted by Crippen LogP contribution is 2.41. The average Bonchev–Trinajstić information content (AvgIpc) is 3.15. The molecule has 0 aromatic carbocycles. The third-order valence-electron chi connectivity index (χ3n) is 6.85. The zero-order valence-electron chi connectivity index (χ0n) is 14.8. The van der Waals surface area contributed by atoms with E-state index in [0.717, 1.165) is 39.0 Å². The molecule has 7 atom stereocenters. The number of nitrogens with zero attached hydrogens (tertiary/aromatic N) is 2. The van der Waals surface area contributed by atoms with E-state index >= 15 is 0 Å². The topological polar surface area (TPSA) is 38.6 Å². The first-order valence-electron chi connectivity index (χ1n) is 9.76. The summed E-state index contributed by atoms with van der Waals surface area (Å²) in [6.45, 7) is 5.01. The molecule has 0 radical (unpaired) electrons. The Hall–Kier alpha value is -0.370. The van der Waals surface area contributed by atoms with E-state index in [1.54, 1.807) is 0 Å². The molecule has 25 heavy (non-hydrogen) atoms. The van der Waals surface area contributed by atoms with E-state index in [1.165, 1.54) is 6.42 Å². The van der Waals surface area contributed by atoms with Gasteiger partial charge in [0, 0.05) is 31.3 Å². The Balaban J connectivity index is 1.37. The van der Waals surface area contributed by atoms with Gasteiger partial charge in [-0.1, -0.05) is 13.3 Å². The van der Waals surface area contributed by atoms with Crippen LogP contribution in [0.2, 0.25) is 0 Å². The number of nitrogens with one attached hydrogen (secondary N) is 1. The lowest BCUT2D eigenvalue weighted by molar-refractivity contribution is -0.148. The van der Waals surface area contributed by atoms with Gasteiger partial charge in [-0.25, -0.2) is 0 Å². The Morgan fingerprint density at radius 3 is 2.64 bits per heavy atom. The van der Waals surface area contributed by atoms with E-state index in [2.05, 4.69) is 15.5 Å². The van der Waals surface area contributed by atoms with Crippen LogP contribution < -0.4 is 5.32 Å². The Morgan fingerprint density at radius 1 is 1.12 bits per heavy atom. The van der Waals surface area contributed by atoms with Crippen LogP contribution in [0.15, 0.2) is 0 Å². The lowest BCUT2D eigenvalue weighted by atomic mass is 9.87. The molecule has 4 aliphatic heterocycles. The van der Waals surface area contributed by atoms with Crippen molar-refractivity contribution in [2.75, 3.05) is 26.3 Å². The number of halogens is 3. The van der Waals surface area contributed by atoms with E-state index in [-0.39, 0.29) is 18.4 Å². The molecule has 0 spiro atoms. The summed E-state index contributed by atoms with van der Waals surface area (Å²) in [5.74, 6) is 0.629. The van der Waals surface area contributed by atoms with Crippen molar-refractivity contribution < 1.29 is 17.9 Å². The number of rotatable bonds is 2. The van der Waals surface area contributed by atoms with E-state index in [0.29, 0.717) is 30.6 Å². The molecular formula is C18H29F3N3O-. The Labute approximate surface area is 147 Å². The fourth-order valence-corrected chi connectivity index (χ4v) is 5.47. The molecule has 4 aliphatic rings. The Kier molecular flexibility index (Phi) is 5.03. The summed E-state index contributed by atoms with van der Waals surface area (Å²) in [6, 6.07) is 0.135. The molecule has 0 aromatic rings. The summed E-state index contributed by atoms with van der Waals surface area (Å²) in [5.41, 5.74) is 0. The molecule has 4 nitrogen and oxygen atoms in total. The molecule has 0 amide bonds. The fraction of sp³-hybridized carbons (Fsp3) is 1.00. The summed E-state index contributed by atoms with van der Waals surface area (Å²) in [7, 11) is 0. The molecule has 1 N–H and O–H groups in total. The van der Waals surface area contributed by atoms with Gasteiger partial charge in [0.25, 0.3) is 0 Å². The molecule has 0 aromatic heterocycles. The van der Waals surface area contributed by atoms with Crippen molar-refractivity contribution in [2.45, 2.75) is 75.4 Å². The molecule has 4 heterocycles. The van der Waals surface area contributed by atoms with Gasteiger partial charge in [0.1, 0.15) is 0 Å². The highest BCUT2D eigenvalue weighted by Gasteiger charge is 2.47. The predicted octanol–water partition coefficient (Wildman–Crippen LogP) is 2.93. The summed E-state index contributed by atoms with van der Waals surface area (Å²) >= 11 is 0. The first-order chi connectivity index (χ1) is 11.9. The molecular weight excluding hydrogens is 331 g/mol. The second-order valence-corrected chi connectivity index (χ2v) is 8.39. The van der Waals surface area contributed by atoms with Crippen LogP contribution >= 0.6 is 0 Å². The van der Waals surface area contributed by atoms with Crippen molar-refractivity contribution in [3.8, 4) is 0 Å². The van der Waals surface area contributed by atoms with Crippen LogP contribution in [-0.4, -0.2) is 67.6 Å². The minimum Gasteiger partial charge on any atom is -0.651 e. The van der Waals surface area contributed by atoms with Gasteiger partial charge in [-0.2, -0.15) is 13.2 Å². The van der Waals surface area contributed by atoms with Crippen LogP contribution in [0.3, 0.4) is 0 Å². The van der Waals surface area contributed by atoms with Crippen LogP contribution in [0, 0.1) is 11.8 Å². The zero-order chi connectivity index (χ0) is 17.6. The summed E-state index contributed by atoms with van der Waals surface area (Å²) < 4.78 is 44.5. The Morgan fingerprint density at radius 2 is 1.96 bits per heavy atom. The second kappa shape index (κ2) is 6.98. The molecule has 144 valence electrons. The third kappa shape index (κ3) is 3.57. The number of ether oxygens (including phenoxy) is 1. The van der Waals surface area contributed by atoms with Gasteiger partial charge < -0.3 is 15.4 Å². The van der Waals surface area contributed by atoms with Crippen LogP contribution in [0.25, 0.3) is 5.32 Å². The smallest absolute Gasteiger partial charge is 0.373 e. The van der Waals surface area contributed by atoms with Gasteiger partial charge >= 0.3 is 6.18 Å². The van der Waals surface area contributed by atoms with Crippen molar-refractivity contribution in [2.24, 2.45) is 11.8 Å². The number of alkyl halides is 3. The number of hydrogen-bond acceptors (Lipinski definition) is 3. The van der Waals surface area contributed by atoms with Gasteiger partial charge in [-0.15, -0.1) is 6.54 Å². The van der Waals surface area contributed by atoms with Gasteiger partial charge in [-0.3, -0.25) is 4.90 Å². The van der Waals surface area contributed by atoms with E-state index in [4.69, 9.17) is 4.74 Å². The van der Waals surface area contributed by atoms with E-state index in [9.17, 15) is 13.2 Å². The zero-order valence-corrected chi connectivity index (χ0v) is 14.8. The number of likely N-dealkylation sites (tertiary alicyclic amines) is 1. The van der Waals surface area contributed by atoms with Crippen LogP contribution in [0.1, 0.15) is 39.0 Å². The highest BCUT2D eigenvalue weighted by atomic mass is 19.4. The largest absolute Gasteiger partial charge is 0.651 e. The lowest BCUT2D eigenvalue weighted by Gasteiger charge is -2.50. The number of piperidine rings is 1. The lowest BCUT2D eigenvalue weighted by Crippen LogP contribution is -2.51. The first-order valence-corrected chi connectivity index (χ1v) is 9.76. The van der Waals surface area contributed by atoms with Gasteiger partial charge in [-0.05, 0) is 49.6 Å². The maximum atomic E-state index is 13.0. The van der Waals surface area contributed by atoms with Crippen molar-refractivity contribution in [3.05, 3.63) is 5.32 Å². The maximum Gasteiger partial charge on any atom is 0.373 e. The first kappa shape index (κ1) is 18.0. The molecule has 7 heteroatoms. The van der Waals surface area contributed by atoms with Crippen molar-refractivity contribution >= 4 is 0 Å². The van der Waals surface area contributed by atoms with Crippen LogP contribution in [0.4, 0.5) is 13.2 Å². The molecule has 7 unspecified atom stereocenters. The second-order valence-electron chi connectivity index (χ2n) is 8.39. The molecule has 0 aliphatic carbocycles. The Bertz CT molecular complexity index is 469. The van der Waals surface area contributed by atoms with Crippen molar-refractivity contribution in [1.82, 2.24) is 10.2 Å². The standard InChI is InChI=1S/C18H29F3N3O/c1-11-7-17(18(19,20)21)22-9-16(11)24-5-4-13-15(24)8-14(23-13)12-3-2-6-25-10-12/h11-17,23H,2-10H2,1H3/q-1. The van der Waals surface area contributed by atoms with Gasteiger partial charge in [0.15, 0.2) is 0 Å². The molecule has 4 fully saturated rings.